The minimum atomic E-state index is 0.724. The number of nitrogens with zero attached hydrogens (tertiary/aromatic N) is 4. The van der Waals surface area contributed by atoms with Crippen LogP contribution in [-0.4, -0.2) is 58.3 Å². The molecule has 1 aliphatic rings. The first-order valence-corrected chi connectivity index (χ1v) is 10.0. The fourth-order valence-electron chi connectivity index (χ4n) is 3.05. The van der Waals surface area contributed by atoms with E-state index in [0.29, 0.717) is 0 Å². The molecule has 134 valence electrons. The highest BCUT2D eigenvalue weighted by molar-refractivity contribution is 8.00. The number of rotatable bonds is 5. The number of hydrogen-bond acceptors (Lipinski definition) is 3. The van der Waals surface area contributed by atoms with Crippen molar-refractivity contribution < 1.29 is 0 Å². The summed E-state index contributed by atoms with van der Waals surface area (Å²) in [7, 11) is 1.88. The summed E-state index contributed by atoms with van der Waals surface area (Å²) in [4.78, 5) is 6.86. The van der Waals surface area contributed by atoms with E-state index >= 15 is 0 Å². The topological polar surface area (TPSA) is 45.5 Å². The van der Waals surface area contributed by atoms with Gasteiger partial charge in [-0.3, -0.25) is 4.99 Å². The first-order valence-electron chi connectivity index (χ1n) is 8.96. The first-order chi connectivity index (χ1) is 12.3. The van der Waals surface area contributed by atoms with Crippen LogP contribution >= 0.6 is 11.8 Å². The summed E-state index contributed by atoms with van der Waals surface area (Å²) in [6.45, 7) is 5.34. The summed E-state index contributed by atoms with van der Waals surface area (Å²) in [5.74, 6) is 2.22. The molecular weight excluding hydrogens is 330 g/mol. The number of benzene rings is 1. The van der Waals surface area contributed by atoms with Crippen LogP contribution in [0.4, 0.5) is 0 Å². The average molecular weight is 358 g/mol. The summed E-state index contributed by atoms with van der Waals surface area (Å²) in [6.07, 6.45) is 5.96. The van der Waals surface area contributed by atoms with Crippen LogP contribution in [0.15, 0.2) is 47.7 Å². The summed E-state index contributed by atoms with van der Waals surface area (Å²) in [5, 5.41) is 8.51. The van der Waals surface area contributed by atoms with Gasteiger partial charge in [-0.15, -0.1) is 0 Å². The molecule has 5 nitrogen and oxygen atoms in total. The van der Waals surface area contributed by atoms with E-state index in [1.54, 1.807) is 6.20 Å². The maximum absolute atomic E-state index is 4.47. The van der Waals surface area contributed by atoms with E-state index in [9.17, 15) is 0 Å². The van der Waals surface area contributed by atoms with Crippen LogP contribution in [-0.2, 0) is 6.42 Å². The molecule has 0 radical (unpaired) electrons. The van der Waals surface area contributed by atoms with E-state index in [2.05, 4.69) is 63.3 Å². The molecule has 1 N–H and O–H groups in total. The van der Waals surface area contributed by atoms with Gasteiger partial charge >= 0.3 is 0 Å². The summed E-state index contributed by atoms with van der Waals surface area (Å²) >= 11 is 2.08. The van der Waals surface area contributed by atoms with Gasteiger partial charge < -0.3 is 10.2 Å². The molecule has 1 unspecified atom stereocenters. The fourth-order valence-corrected chi connectivity index (χ4v) is 4.23. The SMILES string of the molecule is CCC1CN(C(=NC)NCCc2ccc(-n3cccn3)cc2)CCS1. The molecule has 1 atom stereocenters. The fraction of sp³-hybridized carbons (Fsp3) is 0.474. The van der Waals surface area contributed by atoms with Crippen LogP contribution in [0.1, 0.15) is 18.9 Å². The molecule has 1 aromatic carbocycles. The average Bonchev–Trinajstić information content (AvgIpc) is 3.20. The minimum absolute atomic E-state index is 0.724. The highest BCUT2D eigenvalue weighted by Crippen LogP contribution is 2.21. The maximum atomic E-state index is 4.47. The highest BCUT2D eigenvalue weighted by Gasteiger charge is 2.21. The summed E-state index contributed by atoms with van der Waals surface area (Å²) < 4.78 is 1.88. The number of hydrogen-bond donors (Lipinski definition) is 1. The second-order valence-corrected chi connectivity index (χ2v) is 7.60. The van der Waals surface area contributed by atoms with Crippen LogP contribution < -0.4 is 5.32 Å². The Bertz CT molecular complexity index is 666. The van der Waals surface area contributed by atoms with Gasteiger partial charge in [-0.25, -0.2) is 4.68 Å². The lowest BCUT2D eigenvalue weighted by Gasteiger charge is -2.34. The lowest BCUT2D eigenvalue weighted by atomic mass is 10.1. The van der Waals surface area contributed by atoms with Crippen molar-refractivity contribution in [2.75, 3.05) is 32.4 Å². The predicted octanol–water partition coefficient (Wildman–Crippen LogP) is 2.82. The second kappa shape index (κ2) is 8.94. The molecule has 1 fully saturated rings. The van der Waals surface area contributed by atoms with E-state index in [4.69, 9.17) is 0 Å². The van der Waals surface area contributed by atoms with Gasteiger partial charge in [0, 0.05) is 50.1 Å². The molecule has 3 rings (SSSR count). The maximum Gasteiger partial charge on any atom is 0.193 e. The zero-order chi connectivity index (χ0) is 17.5. The van der Waals surface area contributed by atoms with E-state index in [1.165, 1.54) is 17.7 Å². The number of nitrogens with one attached hydrogen (secondary N) is 1. The van der Waals surface area contributed by atoms with Crippen molar-refractivity contribution in [3.05, 3.63) is 48.3 Å². The van der Waals surface area contributed by atoms with Gasteiger partial charge in [0.05, 0.1) is 5.69 Å². The van der Waals surface area contributed by atoms with E-state index in [1.807, 2.05) is 24.0 Å². The van der Waals surface area contributed by atoms with Gasteiger partial charge in [0.2, 0.25) is 0 Å². The Hall–Kier alpha value is -1.95. The molecule has 25 heavy (non-hydrogen) atoms. The molecule has 0 bridgehead atoms. The van der Waals surface area contributed by atoms with Crippen LogP contribution in [0.5, 0.6) is 0 Å². The molecule has 2 aromatic rings. The molecule has 2 heterocycles. The smallest absolute Gasteiger partial charge is 0.193 e. The monoisotopic (exact) mass is 357 g/mol. The van der Waals surface area contributed by atoms with Crippen molar-refractivity contribution in [1.82, 2.24) is 20.0 Å². The van der Waals surface area contributed by atoms with Gasteiger partial charge in [-0.05, 0) is 36.6 Å². The Morgan fingerprint density at radius 2 is 2.20 bits per heavy atom. The van der Waals surface area contributed by atoms with Gasteiger partial charge in [0.25, 0.3) is 0 Å². The third-order valence-corrected chi connectivity index (χ3v) is 5.88. The molecular formula is C19H27N5S. The summed E-state index contributed by atoms with van der Waals surface area (Å²) in [5.41, 5.74) is 2.41. The molecule has 1 aromatic heterocycles. The van der Waals surface area contributed by atoms with E-state index < -0.39 is 0 Å². The third kappa shape index (κ3) is 4.78. The molecule has 0 spiro atoms. The lowest BCUT2D eigenvalue weighted by Crippen LogP contribution is -2.48. The van der Waals surface area contributed by atoms with E-state index in [-0.39, 0.29) is 0 Å². The minimum Gasteiger partial charge on any atom is -0.356 e. The van der Waals surface area contributed by atoms with Gasteiger partial charge in [0.1, 0.15) is 0 Å². The normalized spacial score (nSPS) is 18.4. The largest absolute Gasteiger partial charge is 0.356 e. The molecule has 0 amide bonds. The van der Waals surface area contributed by atoms with Crippen LogP contribution in [0, 0.1) is 0 Å². The Kier molecular flexibility index (Phi) is 6.39. The number of thioether (sulfide) groups is 1. The zero-order valence-corrected chi connectivity index (χ0v) is 15.9. The Morgan fingerprint density at radius 3 is 2.88 bits per heavy atom. The van der Waals surface area contributed by atoms with E-state index in [0.717, 1.165) is 43.0 Å². The van der Waals surface area contributed by atoms with Crippen LogP contribution in [0.2, 0.25) is 0 Å². The Morgan fingerprint density at radius 1 is 1.36 bits per heavy atom. The highest BCUT2D eigenvalue weighted by atomic mass is 32.2. The van der Waals surface area contributed by atoms with Crippen molar-refractivity contribution in [2.24, 2.45) is 4.99 Å². The van der Waals surface area contributed by atoms with Crippen molar-refractivity contribution in [3.63, 3.8) is 0 Å². The van der Waals surface area contributed by atoms with Gasteiger partial charge in [0.15, 0.2) is 5.96 Å². The summed E-state index contributed by atoms with van der Waals surface area (Å²) in [6, 6.07) is 10.5. The van der Waals surface area contributed by atoms with Gasteiger partial charge in [-0.1, -0.05) is 19.1 Å². The number of guanidine groups is 1. The first kappa shape index (κ1) is 17.9. The molecule has 0 saturated carbocycles. The van der Waals surface area contributed by atoms with Crippen molar-refractivity contribution >= 4 is 17.7 Å². The molecule has 6 heteroatoms. The molecule has 0 aliphatic carbocycles. The standard InChI is InChI=1S/C19H27N5S/c1-3-18-15-23(13-14-25-18)19(20-2)21-11-9-16-5-7-17(8-6-16)24-12-4-10-22-24/h4-8,10,12,18H,3,9,11,13-15H2,1-2H3,(H,20,21). The zero-order valence-electron chi connectivity index (χ0n) is 15.1. The van der Waals surface area contributed by atoms with Crippen LogP contribution in [0.25, 0.3) is 5.69 Å². The van der Waals surface area contributed by atoms with Crippen molar-refractivity contribution in [3.8, 4) is 5.69 Å². The second-order valence-electron chi connectivity index (χ2n) is 6.19. The lowest BCUT2D eigenvalue weighted by molar-refractivity contribution is 0.408. The quantitative estimate of drug-likeness (QED) is 0.660. The Balaban J connectivity index is 1.49. The van der Waals surface area contributed by atoms with Crippen molar-refractivity contribution in [1.29, 1.82) is 0 Å². The third-order valence-electron chi connectivity index (χ3n) is 4.51. The Labute approximate surface area is 154 Å². The number of aromatic nitrogens is 2. The molecule has 1 aliphatic heterocycles. The van der Waals surface area contributed by atoms with Crippen LogP contribution in [0.3, 0.4) is 0 Å². The predicted molar refractivity (Wildman–Crippen MR) is 107 cm³/mol. The van der Waals surface area contributed by atoms with Gasteiger partial charge in [-0.2, -0.15) is 16.9 Å². The van der Waals surface area contributed by atoms with Crippen molar-refractivity contribution in [2.45, 2.75) is 25.0 Å². The molecule has 1 saturated heterocycles. The number of aliphatic imine (C=N–C) groups is 1.